The van der Waals surface area contributed by atoms with Gasteiger partial charge in [-0.2, -0.15) is 0 Å². The van der Waals surface area contributed by atoms with Crippen molar-refractivity contribution in [3.05, 3.63) is 6.33 Å². The lowest BCUT2D eigenvalue weighted by atomic mass is 10.2. The Morgan fingerprint density at radius 3 is 3.17 bits per heavy atom. The summed E-state index contributed by atoms with van der Waals surface area (Å²) in [5.41, 5.74) is 0. The molecule has 6 nitrogen and oxygen atoms in total. The minimum atomic E-state index is -0.0364. The predicted molar refractivity (Wildman–Crippen MR) is 68.3 cm³/mol. The van der Waals surface area contributed by atoms with Gasteiger partial charge in [-0.25, -0.2) is 0 Å². The van der Waals surface area contributed by atoms with Crippen molar-refractivity contribution in [3.63, 3.8) is 0 Å². The molecule has 1 heterocycles. The first-order valence-corrected chi connectivity index (χ1v) is 7.09. The number of aliphatic hydroxyl groups excluding tert-OH is 1. The number of hydrogen-bond donors (Lipinski definition) is 2. The third-order valence-electron chi connectivity index (χ3n) is 2.77. The van der Waals surface area contributed by atoms with E-state index in [2.05, 4.69) is 15.5 Å². The van der Waals surface area contributed by atoms with E-state index >= 15 is 0 Å². The van der Waals surface area contributed by atoms with E-state index in [1.54, 1.807) is 6.33 Å². The molecule has 1 aromatic heterocycles. The van der Waals surface area contributed by atoms with E-state index in [0.29, 0.717) is 18.3 Å². The van der Waals surface area contributed by atoms with E-state index < -0.39 is 0 Å². The molecule has 1 atom stereocenters. The van der Waals surface area contributed by atoms with Crippen LogP contribution in [0.5, 0.6) is 0 Å². The summed E-state index contributed by atoms with van der Waals surface area (Å²) in [7, 11) is 0. The SMILES string of the molecule is CC(CO)CNC(=O)CSc1nncn1C1CC1. The Hall–Kier alpha value is -1.08. The van der Waals surface area contributed by atoms with Gasteiger partial charge in [0.15, 0.2) is 5.16 Å². The van der Waals surface area contributed by atoms with Gasteiger partial charge < -0.3 is 15.0 Å². The summed E-state index contributed by atoms with van der Waals surface area (Å²) in [6.45, 7) is 2.48. The van der Waals surface area contributed by atoms with Gasteiger partial charge in [0.25, 0.3) is 0 Å². The van der Waals surface area contributed by atoms with Crippen LogP contribution in [0.3, 0.4) is 0 Å². The Morgan fingerprint density at radius 1 is 1.72 bits per heavy atom. The first-order chi connectivity index (χ1) is 8.70. The number of thioether (sulfide) groups is 1. The summed E-state index contributed by atoms with van der Waals surface area (Å²) in [5, 5.41) is 20.3. The molecule has 1 fully saturated rings. The highest BCUT2D eigenvalue weighted by Crippen LogP contribution is 2.37. The molecule has 1 aliphatic carbocycles. The second-order valence-electron chi connectivity index (χ2n) is 4.63. The Balaban J connectivity index is 1.73. The van der Waals surface area contributed by atoms with Crippen LogP contribution in [0.1, 0.15) is 25.8 Å². The monoisotopic (exact) mass is 270 g/mol. The summed E-state index contributed by atoms with van der Waals surface area (Å²) < 4.78 is 2.04. The summed E-state index contributed by atoms with van der Waals surface area (Å²) in [6, 6.07) is 0.528. The van der Waals surface area contributed by atoms with Gasteiger partial charge in [-0.15, -0.1) is 10.2 Å². The standard InChI is InChI=1S/C11H18N4O2S/c1-8(5-16)4-12-10(17)6-18-11-14-13-7-15(11)9-2-3-9/h7-9,16H,2-6H2,1H3,(H,12,17). The molecular formula is C11H18N4O2S. The van der Waals surface area contributed by atoms with E-state index in [9.17, 15) is 4.79 Å². The number of nitrogens with one attached hydrogen (secondary N) is 1. The molecule has 2 N–H and O–H groups in total. The second-order valence-corrected chi connectivity index (χ2v) is 5.57. The zero-order valence-corrected chi connectivity index (χ0v) is 11.2. The molecule has 100 valence electrons. The fourth-order valence-electron chi connectivity index (χ4n) is 1.47. The number of amides is 1. The highest BCUT2D eigenvalue weighted by molar-refractivity contribution is 7.99. The predicted octanol–water partition coefficient (Wildman–Crippen LogP) is 0.450. The largest absolute Gasteiger partial charge is 0.396 e. The lowest BCUT2D eigenvalue weighted by Gasteiger charge is -2.09. The normalized spacial score (nSPS) is 16.6. The molecule has 1 amide bonds. The Bertz CT molecular complexity index is 406. The van der Waals surface area contributed by atoms with Gasteiger partial charge >= 0.3 is 0 Å². The first kappa shape index (κ1) is 13.4. The molecule has 0 radical (unpaired) electrons. The summed E-state index contributed by atoms with van der Waals surface area (Å²) in [5.74, 6) is 0.392. The van der Waals surface area contributed by atoms with E-state index in [0.717, 1.165) is 5.16 Å². The van der Waals surface area contributed by atoms with Crippen molar-refractivity contribution in [1.82, 2.24) is 20.1 Å². The molecule has 0 aliphatic heterocycles. The van der Waals surface area contributed by atoms with Crippen molar-refractivity contribution in [3.8, 4) is 0 Å². The number of rotatable bonds is 7. The molecule has 0 bridgehead atoms. The lowest BCUT2D eigenvalue weighted by molar-refractivity contribution is -0.118. The van der Waals surface area contributed by atoms with Gasteiger partial charge in [-0.3, -0.25) is 4.79 Å². The van der Waals surface area contributed by atoms with Crippen molar-refractivity contribution < 1.29 is 9.90 Å². The average Bonchev–Trinajstić information content (AvgIpc) is 3.12. The van der Waals surface area contributed by atoms with Gasteiger partial charge in [0.05, 0.1) is 5.75 Å². The molecule has 18 heavy (non-hydrogen) atoms. The van der Waals surface area contributed by atoms with E-state index in [-0.39, 0.29) is 18.4 Å². The minimum Gasteiger partial charge on any atom is -0.396 e. The van der Waals surface area contributed by atoms with Crippen LogP contribution < -0.4 is 5.32 Å². The molecule has 1 unspecified atom stereocenters. The third kappa shape index (κ3) is 3.71. The van der Waals surface area contributed by atoms with Gasteiger partial charge in [-0.1, -0.05) is 18.7 Å². The fourth-order valence-corrected chi connectivity index (χ4v) is 2.28. The lowest BCUT2D eigenvalue weighted by Crippen LogP contribution is -2.30. The highest BCUT2D eigenvalue weighted by Gasteiger charge is 2.26. The molecule has 7 heteroatoms. The maximum absolute atomic E-state index is 11.6. The van der Waals surface area contributed by atoms with Crippen LogP contribution in [-0.4, -0.2) is 44.7 Å². The van der Waals surface area contributed by atoms with Crippen LogP contribution in [0, 0.1) is 5.92 Å². The van der Waals surface area contributed by atoms with Gasteiger partial charge in [-0.05, 0) is 18.8 Å². The summed E-state index contributed by atoms with van der Waals surface area (Å²) >= 11 is 1.40. The van der Waals surface area contributed by atoms with Crippen molar-refractivity contribution in [2.24, 2.45) is 5.92 Å². The van der Waals surface area contributed by atoms with E-state index in [1.807, 2.05) is 11.5 Å². The first-order valence-electron chi connectivity index (χ1n) is 6.10. The second kappa shape index (κ2) is 6.19. The zero-order chi connectivity index (χ0) is 13.0. The fraction of sp³-hybridized carbons (Fsp3) is 0.727. The van der Waals surface area contributed by atoms with Crippen molar-refractivity contribution in [2.45, 2.75) is 31.0 Å². The van der Waals surface area contributed by atoms with E-state index in [1.165, 1.54) is 24.6 Å². The Morgan fingerprint density at radius 2 is 2.50 bits per heavy atom. The molecule has 0 saturated heterocycles. The number of carbonyl (C=O) groups is 1. The number of carbonyl (C=O) groups excluding carboxylic acids is 1. The molecule has 1 aliphatic rings. The van der Waals surface area contributed by atoms with Crippen LogP contribution in [0.25, 0.3) is 0 Å². The van der Waals surface area contributed by atoms with Crippen LogP contribution in [-0.2, 0) is 4.79 Å². The third-order valence-corrected chi connectivity index (χ3v) is 3.73. The van der Waals surface area contributed by atoms with Crippen LogP contribution in [0.15, 0.2) is 11.5 Å². The number of aliphatic hydroxyl groups is 1. The number of aromatic nitrogens is 3. The van der Waals surface area contributed by atoms with Crippen LogP contribution >= 0.6 is 11.8 Å². The highest BCUT2D eigenvalue weighted by atomic mass is 32.2. The molecule has 1 saturated carbocycles. The molecule has 0 aromatic carbocycles. The Labute approximate surface area is 110 Å². The molecule has 2 rings (SSSR count). The number of hydrogen-bond acceptors (Lipinski definition) is 5. The van der Waals surface area contributed by atoms with Gasteiger partial charge in [0.2, 0.25) is 5.91 Å². The van der Waals surface area contributed by atoms with Crippen LogP contribution in [0.2, 0.25) is 0 Å². The topological polar surface area (TPSA) is 80.0 Å². The number of nitrogens with zero attached hydrogens (tertiary/aromatic N) is 3. The molecule has 0 spiro atoms. The quantitative estimate of drug-likeness (QED) is 0.703. The van der Waals surface area contributed by atoms with E-state index in [4.69, 9.17) is 5.11 Å². The molecule has 1 aromatic rings. The zero-order valence-electron chi connectivity index (χ0n) is 10.4. The van der Waals surface area contributed by atoms with Crippen molar-refractivity contribution in [2.75, 3.05) is 18.9 Å². The summed E-state index contributed by atoms with van der Waals surface area (Å²) in [4.78, 5) is 11.6. The van der Waals surface area contributed by atoms with Gasteiger partial charge in [0.1, 0.15) is 6.33 Å². The van der Waals surface area contributed by atoms with Crippen LogP contribution in [0.4, 0.5) is 0 Å². The maximum atomic E-state index is 11.6. The van der Waals surface area contributed by atoms with Crippen molar-refractivity contribution >= 4 is 17.7 Å². The smallest absolute Gasteiger partial charge is 0.230 e. The maximum Gasteiger partial charge on any atom is 0.230 e. The molecular weight excluding hydrogens is 252 g/mol. The summed E-state index contributed by atoms with van der Waals surface area (Å²) in [6.07, 6.45) is 4.07. The van der Waals surface area contributed by atoms with Crippen molar-refractivity contribution in [1.29, 1.82) is 0 Å². The minimum absolute atomic E-state index is 0.0364. The Kier molecular flexibility index (Phi) is 4.60. The average molecular weight is 270 g/mol. The van der Waals surface area contributed by atoms with Gasteiger partial charge in [0, 0.05) is 19.2 Å².